The average molecular weight is 623 g/mol. The summed E-state index contributed by atoms with van der Waals surface area (Å²) >= 11 is 4.56. The Labute approximate surface area is 241 Å². The van der Waals surface area contributed by atoms with E-state index < -0.39 is 17.7 Å². The number of fused-ring (bicyclic) bond motifs is 2. The predicted octanol–water partition coefficient (Wildman–Crippen LogP) is 5.73. The maximum absolute atomic E-state index is 13.6. The number of carbonyl (C=O) groups is 2. The minimum atomic E-state index is -1.06. The molecular formula is C29H23BrN2O7S. The number of halogens is 1. The molecule has 3 aromatic carbocycles. The second-order valence-corrected chi connectivity index (χ2v) is 11.4. The summed E-state index contributed by atoms with van der Waals surface area (Å²) in [6.07, 6.45) is 0.656. The number of aliphatic hydroxyl groups excluding tert-OH is 1. The van der Waals surface area contributed by atoms with Crippen molar-refractivity contribution < 1.29 is 34.0 Å². The molecule has 1 amide bonds. The largest absolute Gasteiger partial charge is 0.507 e. The van der Waals surface area contributed by atoms with Crippen LogP contribution in [0.25, 0.3) is 16.0 Å². The number of carbonyl (C=O) groups excluding carboxylic acids is 2. The van der Waals surface area contributed by atoms with E-state index in [0.29, 0.717) is 33.3 Å². The molecule has 1 fully saturated rings. The molecule has 1 aromatic heterocycles. The number of thiazole rings is 1. The Morgan fingerprint density at radius 1 is 1.12 bits per heavy atom. The average Bonchev–Trinajstić information content (AvgIpc) is 3.61. The Kier molecular flexibility index (Phi) is 6.42. The van der Waals surface area contributed by atoms with E-state index in [1.54, 1.807) is 49.6 Å². The number of hydrogen-bond acceptors (Lipinski definition) is 9. The highest BCUT2D eigenvalue weighted by molar-refractivity contribution is 9.10. The zero-order valence-electron chi connectivity index (χ0n) is 21.6. The highest BCUT2D eigenvalue weighted by Gasteiger charge is 2.48. The molecule has 11 heteroatoms. The quantitative estimate of drug-likeness (QED) is 0.164. The van der Waals surface area contributed by atoms with E-state index in [4.69, 9.17) is 14.2 Å². The van der Waals surface area contributed by atoms with E-state index in [0.717, 1.165) is 16.0 Å². The van der Waals surface area contributed by atoms with Gasteiger partial charge < -0.3 is 24.4 Å². The minimum absolute atomic E-state index is 0.00236. The van der Waals surface area contributed by atoms with Crippen LogP contribution in [-0.4, -0.2) is 47.2 Å². The lowest BCUT2D eigenvalue weighted by Crippen LogP contribution is -2.29. The van der Waals surface area contributed by atoms with Crippen LogP contribution in [-0.2, 0) is 16.0 Å². The molecule has 2 aliphatic heterocycles. The minimum Gasteiger partial charge on any atom is -0.507 e. The van der Waals surface area contributed by atoms with Gasteiger partial charge in [0.2, 0.25) is 0 Å². The number of aromatic nitrogens is 1. The number of aliphatic hydroxyl groups is 1. The van der Waals surface area contributed by atoms with Crippen LogP contribution in [0, 0.1) is 0 Å². The van der Waals surface area contributed by atoms with Crippen molar-refractivity contribution in [1.82, 2.24) is 4.98 Å². The van der Waals surface area contributed by atoms with Crippen molar-refractivity contribution in [3.8, 4) is 23.0 Å². The van der Waals surface area contributed by atoms with E-state index in [1.165, 1.54) is 29.4 Å². The van der Waals surface area contributed by atoms with Crippen LogP contribution < -0.4 is 19.1 Å². The highest BCUT2D eigenvalue weighted by atomic mass is 79.9. The number of phenolic OH excluding ortho intramolecular Hbond substituents is 1. The molecule has 6 rings (SSSR count). The lowest BCUT2D eigenvalue weighted by atomic mass is 9.94. The molecule has 9 nitrogen and oxygen atoms in total. The Bertz CT molecular complexity index is 1750. The Hall–Kier alpha value is -4.09. The lowest BCUT2D eigenvalue weighted by molar-refractivity contribution is -0.132. The Balaban J connectivity index is 1.57. The molecule has 204 valence electrons. The summed E-state index contributed by atoms with van der Waals surface area (Å²) in [6, 6.07) is 12.6. The summed E-state index contributed by atoms with van der Waals surface area (Å²) in [5, 5.41) is 22.3. The van der Waals surface area contributed by atoms with Gasteiger partial charge >= 0.3 is 5.91 Å². The van der Waals surface area contributed by atoms with Crippen molar-refractivity contribution in [3.63, 3.8) is 0 Å². The summed E-state index contributed by atoms with van der Waals surface area (Å²) in [7, 11) is 2.96. The number of Topliss-reactive ketones (excluding diaryl/α,β-unsaturated/α-hetero) is 1. The van der Waals surface area contributed by atoms with Gasteiger partial charge in [-0.15, -0.1) is 0 Å². The SMILES string of the molecule is COc1ccc2nc(N3C(=O)C(=O)/C(=C(\O)c4ccc5c(c4)CC(C)O5)C3c3cc(Br)c(O)c(OC)c3)sc2c1. The molecule has 40 heavy (non-hydrogen) atoms. The maximum Gasteiger partial charge on any atom is 0.301 e. The number of ether oxygens (including phenoxy) is 3. The van der Waals surface area contributed by atoms with Crippen LogP contribution in [0.4, 0.5) is 5.13 Å². The van der Waals surface area contributed by atoms with E-state index in [1.807, 2.05) is 6.92 Å². The van der Waals surface area contributed by atoms with Crippen LogP contribution in [0.15, 0.2) is 58.6 Å². The normalized spacial score (nSPS) is 19.6. The van der Waals surface area contributed by atoms with E-state index in [2.05, 4.69) is 20.9 Å². The van der Waals surface area contributed by atoms with Crippen molar-refractivity contribution in [3.05, 3.63) is 75.3 Å². The standard InChI is InChI=1S/C29H23BrN2O7S/c1-13-8-15-9-14(4-7-20(15)39-13)25(33)23-24(16-10-18(30)26(34)21(11-16)38-3)32(28(36)27(23)35)29-31-19-6-5-17(37-2)12-22(19)40-29/h4-7,9-13,24,33-34H,8H2,1-3H3/b25-23-. The third-order valence-electron chi connectivity index (χ3n) is 6.99. The van der Waals surface area contributed by atoms with Crippen molar-refractivity contribution in [2.24, 2.45) is 0 Å². The van der Waals surface area contributed by atoms with Gasteiger partial charge in [-0.05, 0) is 82.5 Å². The summed E-state index contributed by atoms with van der Waals surface area (Å²) in [4.78, 5) is 33.2. The summed E-state index contributed by atoms with van der Waals surface area (Å²) < 4.78 is 17.5. The Morgan fingerprint density at radius 3 is 2.67 bits per heavy atom. The molecule has 2 unspecified atom stereocenters. The lowest BCUT2D eigenvalue weighted by Gasteiger charge is -2.24. The van der Waals surface area contributed by atoms with Gasteiger partial charge in [-0.25, -0.2) is 4.98 Å². The van der Waals surface area contributed by atoms with Gasteiger partial charge in [0.05, 0.1) is 40.5 Å². The van der Waals surface area contributed by atoms with Crippen molar-refractivity contribution >= 4 is 60.1 Å². The molecule has 0 spiro atoms. The third-order valence-corrected chi connectivity index (χ3v) is 8.61. The zero-order valence-corrected chi connectivity index (χ0v) is 24.0. The number of ketones is 1. The number of benzene rings is 3. The number of methoxy groups -OCH3 is 2. The number of anilines is 1. The molecular weight excluding hydrogens is 600 g/mol. The van der Waals surface area contributed by atoms with Crippen LogP contribution in [0.3, 0.4) is 0 Å². The van der Waals surface area contributed by atoms with Crippen LogP contribution in [0.5, 0.6) is 23.0 Å². The van der Waals surface area contributed by atoms with E-state index in [-0.39, 0.29) is 34.1 Å². The molecule has 0 saturated carbocycles. The number of rotatable bonds is 5. The number of hydrogen-bond donors (Lipinski definition) is 2. The zero-order chi connectivity index (χ0) is 28.3. The van der Waals surface area contributed by atoms with Gasteiger partial charge in [0, 0.05) is 12.0 Å². The molecule has 1 saturated heterocycles. The fourth-order valence-electron chi connectivity index (χ4n) is 5.10. The van der Waals surface area contributed by atoms with Gasteiger partial charge in [-0.1, -0.05) is 11.3 Å². The van der Waals surface area contributed by atoms with Gasteiger partial charge in [-0.3, -0.25) is 14.5 Å². The van der Waals surface area contributed by atoms with Crippen molar-refractivity contribution in [2.45, 2.75) is 25.5 Å². The molecule has 0 radical (unpaired) electrons. The fraction of sp³-hybridized carbons (Fsp3) is 0.207. The first-order chi connectivity index (χ1) is 19.2. The van der Waals surface area contributed by atoms with Crippen molar-refractivity contribution in [2.75, 3.05) is 19.1 Å². The van der Waals surface area contributed by atoms with Gasteiger partial charge in [0.25, 0.3) is 5.78 Å². The topological polar surface area (TPSA) is 118 Å². The predicted molar refractivity (Wildman–Crippen MR) is 154 cm³/mol. The number of aromatic hydroxyl groups is 1. The first-order valence-corrected chi connectivity index (χ1v) is 13.9. The van der Waals surface area contributed by atoms with Crippen LogP contribution in [0.1, 0.15) is 29.7 Å². The second-order valence-electron chi connectivity index (χ2n) is 9.51. The molecule has 0 bridgehead atoms. The van der Waals surface area contributed by atoms with Gasteiger partial charge in [0.1, 0.15) is 23.4 Å². The smallest absolute Gasteiger partial charge is 0.301 e. The number of phenols is 1. The van der Waals surface area contributed by atoms with Gasteiger partial charge in [-0.2, -0.15) is 0 Å². The summed E-state index contributed by atoms with van der Waals surface area (Å²) in [5.74, 6) is -0.664. The molecule has 3 heterocycles. The summed E-state index contributed by atoms with van der Waals surface area (Å²) in [5.41, 5.74) is 2.24. The first-order valence-electron chi connectivity index (χ1n) is 12.3. The molecule has 2 atom stereocenters. The summed E-state index contributed by atoms with van der Waals surface area (Å²) in [6.45, 7) is 1.95. The van der Waals surface area contributed by atoms with Crippen LogP contribution >= 0.6 is 27.3 Å². The molecule has 2 N–H and O–H groups in total. The maximum atomic E-state index is 13.6. The molecule has 2 aliphatic rings. The van der Waals surface area contributed by atoms with Crippen LogP contribution in [0.2, 0.25) is 0 Å². The van der Waals surface area contributed by atoms with Gasteiger partial charge in [0.15, 0.2) is 16.6 Å². The first kappa shape index (κ1) is 26.1. The van der Waals surface area contributed by atoms with E-state index in [9.17, 15) is 19.8 Å². The monoisotopic (exact) mass is 622 g/mol. The fourth-order valence-corrected chi connectivity index (χ4v) is 6.58. The molecule has 4 aromatic rings. The number of amides is 1. The molecule has 0 aliphatic carbocycles. The second kappa shape index (κ2) is 9.83. The highest BCUT2D eigenvalue weighted by Crippen LogP contribution is 2.47. The Morgan fingerprint density at radius 2 is 1.93 bits per heavy atom. The van der Waals surface area contributed by atoms with E-state index >= 15 is 0 Å². The van der Waals surface area contributed by atoms with Crippen molar-refractivity contribution in [1.29, 1.82) is 0 Å². The third kappa shape index (κ3) is 4.16. The number of nitrogens with zero attached hydrogens (tertiary/aromatic N) is 2.